The first-order valence-electron chi connectivity index (χ1n) is 6.36. The predicted octanol–water partition coefficient (Wildman–Crippen LogP) is 2.26. The summed E-state index contributed by atoms with van der Waals surface area (Å²) < 4.78 is 0. The number of hydrogen-bond acceptors (Lipinski definition) is 4. The minimum absolute atomic E-state index is 0.0693. The van der Waals surface area contributed by atoms with E-state index >= 15 is 0 Å². The van der Waals surface area contributed by atoms with Crippen molar-refractivity contribution >= 4 is 17.3 Å². The first-order chi connectivity index (χ1) is 9.10. The molecule has 0 unspecified atom stereocenters. The van der Waals surface area contributed by atoms with E-state index < -0.39 is 4.92 Å². The van der Waals surface area contributed by atoms with Gasteiger partial charge in [0.15, 0.2) is 0 Å². The summed E-state index contributed by atoms with van der Waals surface area (Å²) >= 11 is 0. The summed E-state index contributed by atoms with van der Waals surface area (Å²) in [6, 6.07) is 4.87. The van der Waals surface area contributed by atoms with Gasteiger partial charge in [-0.05, 0) is 25.8 Å². The lowest BCUT2D eigenvalue weighted by Gasteiger charge is -2.21. The Balaban J connectivity index is 2.40. The van der Waals surface area contributed by atoms with E-state index in [1.165, 1.54) is 6.07 Å². The summed E-state index contributed by atoms with van der Waals surface area (Å²) in [6.45, 7) is 2.54. The summed E-state index contributed by atoms with van der Waals surface area (Å²) in [5.41, 5.74) is 0.585. The molecule has 0 atom stereocenters. The maximum Gasteiger partial charge on any atom is 0.293 e. The van der Waals surface area contributed by atoms with E-state index in [1.807, 2.05) is 6.92 Å². The third-order valence-electron chi connectivity index (χ3n) is 3.31. The van der Waals surface area contributed by atoms with Crippen LogP contribution in [0.5, 0.6) is 0 Å². The van der Waals surface area contributed by atoms with Gasteiger partial charge in [-0.3, -0.25) is 14.9 Å². The largest absolute Gasteiger partial charge is 0.382 e. The molecular formula is C13H17N3O3. The number of amides is 1. The van der Waals surface area contributed by atoms with Crippen LogP contribution in [0.25, 0.3) is 0 Å². The quantitative estimate of drug-likeness (QED) is 0.653. The number of benzene rings is 1. The number of rotatable bonds is 5. The second-order valence-corrected chi connectivity index (χ2v) is 4.53. The number of nitro benzene ring substituents is 1. The number of nitrogens with zero attached hydrogens (tertiary/aromatic N) is 2. The monoisotopic (exact) mass is 263 g/mol. The van der Waals surface area contributed by atoms with Gasteiger partial charge in [-0.15, -0.1) is 0 Å². The van der Waals surface area contributed by atoms with Crippen molar-refractivity contribution in [2.24, 2.45) is 0 Å². The molecule has 6 nitrogen and oxygen atoms in total. The predicted molar refractivity (Wildman–Crippen MR) is 72.4 cm³/mol. The zero-order valence-corrected chi connectivity index (χ0v) is 11.0. The zero-order valence-electron chi connectivity index (χ0n) is 11.0. The molecule has 0 aliphatic heterocycles. The van der Waals surface area contributed by atoms with Gasteiger partial charge in [0.1, 0.15) is 5.69 Å². The van der Waals surface area contributed by atoms with E-state index in [-0.39, 0.29) is 17.3 Å². The molecule has 0 radical (unpaired) electrons. The van der Waals surface area contributed by atoms with E-state index in [4.69, 9.17) is 0 Å². The maximum absolute atomic E-state index is 12.5. The lowest BCUT2D eigenvalue weighted by molar-refractivity contribution is -0.384. The van der Waals surface area contributed by atoms with Gasteiger partial charge < -0.3 is 10.2 Å². The van der Waals surface area contributed by atoms with E-state index in [0.717, 1.165) is 12.8 Å². The molecule has 0 heterocycles. The van der Waals surface area contributed by atoms with Gasteiger partial charge in [0, 0.05) is 25.7 Å². The molecule has 6 heteroatoms. The molecule has 2 rings (SSSR count). The van der Waals surface area contributed by atoms with E-state index in [0.29, 0.717) is 18.2 Å². The van der Waals surface area contributed by atoms with Crippen LogP contribution in [0.4, 0.5) is 11.4 Å². The van der Waals surface area contributed by atoms with Crippen molar-refractivity contribution in [2.45, 2.75) is 25.8 Å². The average Bonchev–Trinajstić information content (AvgIpc) is 3.22. The van der Waals surface area contributed by atoms with Gasteiger partial charge in [-0.25, -0.2) is 0 Å². The molecule has 1 aliphatic rings. The smallest absolute Gasteiger partial charge is 0.293 e. The van der Waals surface area contributed by atoms with Crippen LogP contribution in [-0.2, 0) is 0 Å². The number of para-hydroxylation sites is 1. The van der Waals surface area contributed by atoms with Gasteiger partial charge in [0.2, 0.25) is 0 Å². The first-order valence-corrected chi connectivity index (χ1v) is 6.36. The number of carbonyl (C=O) groups excluding carboxylic acids is 1. The molecule has 0 saturated heterocycles. The second-order valence-electron chi connectivity index (χ2n) is 4.53. The van der Waals surface area contributed by atoms with Crippen LogP contribution in [-0.4, -0.2) is 35.4 Å². The molecule has 0 aromatic heterocycles. The topological polar surface area (TPSA) is 75.5 Å². The summed E-state index contributed by atoms with van der Waals surface area (Å²) in [5.74, 6) is -0.141. The third kappa shape index (κ3) is 2.52. The van der Waals surface area contributed by atoms with Gasteiger partial charge in [0.25, 0.3) is 11.6 Å². The second kappa shape index (κ2) is 5.26. The highest BCUT2D eigenvalue weighted by atomic mass is 16.6. The Morgan fingerprint density at radius 1 is 1.53 bits per heavy atom. The Labute approximate surface area is 111 Å². The minimum Gasteiger partial charge on any atom is -0.382 e. The lowest BCUT2D eigenvalue weighted by atomic mass is 10.1. The lowest BCUT2D eigenvalue weighted by Crippen LogP contribution is -2.33. The molecular weight excluding hydrogens is 246 g/mol. The third-order valence-corrected chi connectivity index (χ3v) is 3.31. The van der Waals surface area contributed by atoms with Crippen molar-refractivity contribution in [1.29, 1.82) is 0 Å². The Kier molecular flexibility index (Phi) is 3.69. The molecule has 1 fully saturated rings. The van der Waals surface area contributed by atoms with E-state index in [9.17, 15) is 14.9 Å². The minimum atomic E-state index is -0.476. The Morgan fingerprint density at radius 2 is 2.21 bits per heavy atom. The van der Waals surface area contributed by atoms with Crippen LogP contribution in [0.1, 0.15) is 30.1 Å². The Bertz CT molecular complexity index is 512. The van der Waals surface area contributed by atoms with Crippen molar-refractivity contribution in [2.75, 3.05) is 18.9 Å². The Morgan fingerprint density at radius 3 is 2.68 bits per heavy atom. The normalized spacial score (nSPS) is 14.0. The van der Waals surface area contributed by atoms with Crippen LogP contribution in [0.2, 0.25) is 0 Å². The van der Waals surface area contributed by atoms with Gasteiger partial charge in [-0.2, -0.15) is 0 Å². The number of carbonyl (C=O) groups is 1. The van der Waals surface area contributed by atoms with Crippen LogP contribution in [0.3, 0.4) is 0 Å². The number of nitrogens with one attached hydrogen (secondary N) is 1. The van der Waals surface area contributed by atoms with Crippen molar-refractivity contribution in [1.82, 2.24) is 4.90 Å². The molecule has 1 aromatic rings. The summed E-state index contributed by atoms with van der Waals surface area (Å²) in [5, 5.41) is 13.8. The average molecular weight is 263 g/mol. The highest BCUT2D eigenvalue weighted by molar-refractivity contribution is 6.01. The molecule has 1 saturated carbocycles. The standard InChI is InChI=1S/C13H17N3O3/c1-3-15(9-7-8-9)13(17)10-5-4-6-11(16(18)19)12(10)14-2/h4-6,9,14H,3,7-8H2,1-2H3. The summed E-state index contributed by atoms with van der Waals surface area (Å²) in [4.78, 5) is 24.8. The van der Waals surface area contributed by atoms with Crippen LogP contribution in [0, 0.1) is 10.1 Å². The number of hydrogen-bond donors (Lipinski definition) is 1. The van der Waals surface area contributed by atoms with Crippen LogP contribution in [0.15, 0.2) is 18.2 Å². The van der Waals surface area contributed by atoms with Crippen molar-refractivity contribution in [3.8, 4) is 0 Å². The first kappa shape index (κ1) is 13.3. The molecule has 19 heavy (non-hydrogen) atoms. The fourth-order valence-electron chi connectivity index (χ4n) is 2.24. The van der Waals surface area contributed by atoms with E-state index in [2.05, 4.69) is 5.32 Å². The van der Waals surface area contributed by atoms with Gasteiger partial charge in [-0.1, -0.05) is 6.07 Å². The highest BCUT2D eigenvalue weighted by Crippen LogP contribution is 2.32. The fourth-order valence-corrected chi connectivity index (χ4v) is 2.24. The van der Waals surface area contributed by atoms with Crippen LogP contribution >= 0.6 is 0 Å². The maximum atomic E-state index is 12.5. The zero-order chi connectivity index (χ0) is 14.0. The SMILES string of the molecule is CCN(C(=O)c1cccc([N+](=O)[O-])c1NC)C1CC1. The fraction of sp³-hybridized carbons (Fsp3) is 0.462. The molecule has 1 amide bonds. The van der Waals surface area contributed by atoms with Crippen molar-refractivity contribution in [3.05, 3.63) is 33.9 Å². The van der Waals surface area contributed by atoms with Gasteiger partial charge in [0.05, 0.1) is 10.5 Å². The van der Waals surface area contributed by atoms with E-state index in [1.54, 1.807) is 24.1 Å². The van der Waals surface area contributed by atoms with Gasteiger partial charge >= 0.3 is 0 Å². The Hall–Kier alpha value is -2.11. The molecule has 102 valence electrons. The van der Waals surface area contributed by atoms with Crippen LogP contribution < -0.4 is 5.32 Å². The molecule has 0 bridgehead atoms. The molecule has 0 spiro atoms. The molecule has 1 aromatic carbocycles. The van der Waals surface area contributed by atoms with Crippen molar-refractivity contribution < 1.29 is 9.72 Å². The highest BCUT2D eigenvalue weighted by Gasteiger charge is 2.33. The summed E-state index contributed by atoms with van der Waals surface area (Å²) in [6.07, 6.45) is 2.03. The number of nitro groups is 1. The number of anilines is 1. The summed E-state index contributed by atoms with van der Waals surface area (Å²) in [7, 11) is 1.59. The molecule has 1 N–H and O–H groups in total. The molecule has 1 aliphatic carbocycles. The van der Waals surface area contributed by atoms with Crippen molar-refractivity contribution in [3.63, 3.8) is 0 Å².